The molecule has 1 aromatic heterocycles. The number of aromatic nitrogens is 1. The summed E-state index contributed by atoms with van der Waals surface area (Å²) in [6.45, 7) is 3.57. The number of carbonyl (C=O) groups is 2. The van der Waals surface area contributed by atoms with E-state index in [1.807, 2.05) is 19.1 Å². The molecule has 1 heterocycles. The molecule has 1 aromatic carbocycles. The van der Waals surface area contributed by atoms with Crippen molar-refractivity contribution in [3.05, 3.63) is 64.9 Å². The van der Waals surface area contributed by atoms with Gasteiger partial charge in [0.15, 0.2) is 0 Å². The van der Waals surface area contributed by atoms with E-state index < -0.39 is 6.04 Å². The van der Waals surface area contributed by atoms with Crippen molar-refractivity contribution < 1.29 is 9.59 Å². The van der Waals surface area contributed by atoms with Gasteiger partial charge in [0.05, 0.1) is 16.6 Å². The molecule has 0 bridgehead atoms. The summed E-state index contributed by atoms with van der Waals surface area (Å²) in [7, 11) is 1.71. The number of amides is 2. The van der Waals surface area contributed by atoms with Crippen LogP contribution in [-0.4, -0.2) is 34.8 Å². The Bertz CT molecular complexity index is 721. The molecule has 0 saturated heterocycles. The molecule has 6 heteroatoms. The van der Waals surface area contributed by atoms with Gasteiger partial charge in [0.2, 0.25) is 5.91 Å². The molecule has 0 aliphatic heterocycles. The standard InChI is InChI=1S/C18H20ClN3O2/c1-12(21-17(23)15-8-4-5-9-16(15)19)18(24)22(3)13(2)14-7-6-10-20-11-14/h4-13H,1-3H3,(H,21,23)/t12-,13+/m0/s1. The van der Waals surface area contributed by atoms with Crippen molar-refractivity contribution in [2.24, 2.45) is 0 Å². The third-order valence-corrected chi connectivity index (χ3v) is 4.26. The molecule has 0 radical (unpaired) electrons. The second kappa shape index (κ2) is 7.93. The Hall–Kier alpha value is -2.40. The minimum Gasteiger partial charge on any atom is -0.340 e. The molecule has 0 aliphatic carbocycles. The summed E-state index contributed by atoms with van der Waals surface area (Å²) >= 11 is 6.01. The van der Waals surface area contributed by atoms with E-state index in [4.69, 9.17) is 11.6 Å². The van der Waals surface area contributed by atoms with E-state index in [9.17, 15) is 9.59 Å². The lowest BCUT2D eigenvalue weighted by atomic mass is 10.1. The quantitative estimate of drug-likeness (QED) is 0.905. The summed E-state index contributed by atoms with van der Waals surface area (Å²) in [5, 5.41) is 3.05. The average molecular weight is 346 g/mol. The number of halogens is 1. The van der Waals surface area contributed by atoms with Gasteiger partial charge in [-0.25, -0.2) is 0 Å². The van der Waals surface area contributed by atoms with Gasteiger partial charge in [-0.3, -0.25) is 14.6 Å². The van der Waals surface area contributed by atoms with Crippen LogP contribution in [0, 0.1) is 0 Å². The van der Waals surface area contributed by atoms with E-state index in [1.165, 1.54) is 0 Å². The number of carbonyl (C=O) groups excluding carboxylic acids is 2. The summed E-state index contributed by atoms with van der Waals surface area (Å²) in [4.78, 5) is 30.5. The molecule has 0 spiro atoms. The fourth-order valence-electron chi connectivity index (χ4n) is 2.32. The van der Waals surface area contributed by atoms with Crippen LogP contribution in [-0.2, 0) is 4.79 Å². The van der Waals surface area contributed by atoms with Gasteiger partial charge in [0.1, 0.15) is 6.04 Å². The van der Waals surface area contributed by atoms with Gasteiger partial charge >= 0.3 is 0 Å². The number of likely N-dealkylation sites (N-methyl/N-ethyl adjacent to an activating group) is 1. The van der Waals surface area contributed by atoms with Crippen molar-refractivity contribution in [1.82, 2.24) is 15.2 Å². The third-order valence-electron chi connectivity index (χ3n) is 3.93. The van der Waals surface area contributed by atoms with Crippen LogP contribution in [0.2, 0.25) is 5.02 Å². The molecule has 2 atom stereocenters. The SMILES string of the molecule is C[C@H](NC(=O)c1ccccc1Cl)C(=O)N(C)[C@H](C)c1cccnc1. The number of nitrogens with one attached hydrogen (secondary N) is 1. The maximum absolute atomic E-state index is 12.6. The number of pyridine rings is 1. The van der Waals surface area contributed by atoms with Crippen molar-refractivity contribution in [1.29, 1.82) is 0 Å². The Morgan fingerprint density at radius 3 is 2.50 bits per heavy atom. The van der Waals surface area contributed by atoms with E-state index in [2.05, 4.69) is 10.3 Å². The van der Waals surface area contributed by atoms with Crippen LogP contribution in [0.3, 0.4) is 0 Å². The highest BCUT2D eigenvalue weighted by molar-refractivity contribution is 6.33. The minimum absolute atomic E-state index is 0.147. The summed E-state index contributed by atoms with van der Waals surface area (Å²) in [5.74, 6) is -0.560. The van der Waals surface area contributed by atoms with Gasteiger partial charge in [0.25, 0.3) is 5.91 Å². The first-order valence-electron chi connectivity index (χ1n) is 7.63. The van der Waals surface area contributed by atoms with E-state index in [0.29, 0.717) is 10.6 Å². The maximum atomic E-state index is 12.6. The molecule has 0 fully saturated rings. The van der Waals surface area contributed by atoms with Gasteiger partial charge in [-0.2, -0.15) is 0 Å². The minimum atomic E-state index is -0.669. The summed E-state index contributed by atoms with van der Waals surface area (Å²) < 4.78 is 0. The molecule has 126 valence electrons. The predicted octanol–water partition coefficient (Wildman–Crippen LogP) is 3.07. The van der Waals surface area contributed by atoms with Gasteiger partial charge in [0, 0.05) is 19.4 Å². The van der Waals surface area contributed by atoms with Gasteiger partial charge in [-0.15, -0.1) is 0 Å². The molecular formula is C18H20ClN3O2. The molecule has 2 amide bonds. The normalized spacial score (nSPS) is 13.0. The summed E-state index contributed by atoms with van der Waals surface area (Å²) in [5.41, 5.74) is 1.28. The van der Waals surface area contributed by atoms with E-state index in [0.717, 1.165) is 5.56 Å². The van der Waals surface area contributed by atoms with Crippen LogP contribution in [0.4, 0.5) is 0 Å². The zero-order valence-corrected chi connectivity index (χ0v) is 14.6. The largest absolute Gasteiger partial charge is 0.340 e. The van der Waals surface area contributed by atoms with Crippen LogP contribution in [0.5, 0.6) is 0 Å². The Morgan fingerprint density at radius 1 is 1.17 bits per heavy atom. The molecule has 2 rings (SSSR count). The van der Waals surface area contributed by atoms with Crippen LogP contribution in [0.1, 0.15) is 35.8 Å². The molecule has 24 heavy (non-hydrogen) atoms. The second-order valence-electron chi connectivity index (χ2n) is 5.59. The van der Waals surface area contributed by atoms with E-state index in [-0.39, 0.29) is 17.9 Å². The van der Waals surface area contributed by atoms with Crippen molar-refractivity contribution in [3.63, 3.8) is 0 Å². The van der Waals surface area contributed by atoms with Crippen molar-refractivity contribution in [3.8, 4) is 0 Å². The molecule has 5 nitrogen and oxygen atoms in total. The highest BCUT2D eigenvalue weighted by Gasteiger charge is 2.24. The first-order valence-corrected chi connectivity index (χ1v) is 8.01. The van der Waals surface area contributed by atoms with Crippen molar-refractivity contribution >= 4 is 23.4 Å². The van der Waals surface area contributed by atoms with Gasteiger partial charge in [-0.1, -0.05) is 29.8 Å². The van der Waals surface area contributed by atoms with Gasteiger partial charge < -0.3 is 10.2 Å². The zero-order chi connectivity index (χ0) is 17.7. The molecule has 0 unspecified atom stereocenters. The Labute approximate surface area is 146 Å². The Kier molecular flexibility index (Phi) is 5.93. The molecule has 1 N–H and O–H groups in total. The van der Waals surface area contributed by atoms with Crippen LogP contribution in [0.15, 0.2) is 48.8 Å². The van der Waals surface area contributed by atoms with E-state index in [1.54, 1.807) is 55.5 Å². The van der Waals surface area contributed by atoms with Crippen molar-refractivity contribution in [2.75, 3.05) is 7.05 Å². The zero-order valence-electron chi connectivity index (χ0n) is 13.9. The lowest BCUT2D eigenvalue weighted by molar-refractivity contribution is -0.133. The highest BCUT2D eigenvalue weighted by Crippen LogP contribution is 2.19. The lowest BCUT2D eigenvalue weighted by Gasteiger charge is -2.28. The lowest BCUT2D eigenvalue weighted by Crippen LogP contribution is -2.46. The van der Waals surface area contributed by atoms with E-state index >= 15 is 0 Å². The fraction of sp³-hybridized carbons (Fsp3) is 0.278. The number of hydrogen-bond acceptors (Lipinski definition) is 3. The summed E-state index contributed by atoms with van der Waals surface area (Å²) in [6, 6.07) is 9.65. The molecule has 2 aromatic rings. The first-order chi connectivity index (χ1) is 11.4. The Morgan fingerprint density at radius 2 is 1.88 bits per heavy atom. The first kappa shape index (κ1) is 17.9. The number of rotatable bonds is 5. The third kappa shape index (κ3) is 4.11. The smallest absolute Gasteiger partial charge is 0.253 e. The predicted molar refractivity (Wildman–Crippen MR) is 93.8 cm³/mol. The fourth-order valence-corrected chi connectivity index (χ4v) is 2.55. The highest BCUT2D eigenvalue weighted by atomic mass is 35.5. The number of nitrogens with zero attached hydrogens (tertiary/aromatic N) is 2. The van der Waals surface area contributed by atoms with Crippen molar-refractivity contribution in [2.45, 2.75) is 25.9 Å². The maximum Gasteiger partial charge on any atom is 0.253 e. The number of hydrogen-bond donors (Lipinski definition) is 1. The van der Waals surface area contributed by atoms with Crippen LogP contribution < -0.4 is 5.32 Å². The topological polar surface area (TPSA) is 62.3 Å². The average Bonchev–Trinajstić information content (AvgIpc) is 2.60. The summed E-state index contributed by atoms with van der Waals surface area (Å²) in [6.07, 6.45) is 3.41. The monoisotopic (exact) mass is 345 g/mol. The molecule has 0 aliphatic rings. The second-order valence-corrected chi connectivity index (χ2v) is 5.99. The van der Waals surface area contributed by atoms with Gasteiger partial charge in [-0.05, 0) is 37.6 Å². The molecule has 0 saturated carbocycles. The van der Waals surface area contributed by atoms with Crippen LogP contribution in [0.25, 0.3) is 0 Å². The van der Waals surface area contributed by atoms with Crippen LogP contribution >= 0.6 is 11.6 Å². The number of benzene rings is 1. The Balaban J connectivity index is 2.04. The molecular weight excluding hydrogens is 326 g/mol.